The Balaban J connectivity index is 2.71. The lowest BCUT2D eigenvalue weighted by atomic mass is 9.89. The van der Waals surface area contributed by atoms with Crippen molar-refractivity contribution in [1.29, 1.82) is 5.26 Å². The van der Waals surface area contributed by atoms with Crippen LogP contribution >= 0.6 is 0 Å². The lowest BCUT2D eigenvalue weighted by Crippen LogP contribution is -2.20. The van der Waals surface area contributed by atoms with Gasteiger partial charge in [-0.1, -0.05) is 43.7 Å². The fourth-order valence-electron chi connectivity index (χ4n) is 1.85. The van der Waals surface area contributed by atoms with E-state index in [-0.39, 0.29) is 6.04 Å². The van der Waals surface area contributed by atoms with Gasteiger partial charge in [0.25, 0.3) is 0 Å². The van der Waals surface area contributed by atoms with Gasteiger partial charge in [0.1, 0.15) is 0 Å². The zero-order valence-corrected chi connectivity index (χ0v) is 9.19. The van der Waals surface area contributed by atoms with Gasteiger partial charge in [-0.15, -0.1) is 0 Å². The summed E-state index contributed by atoms with van der Waals surface area (Å²) in [6, 6.07) is 12.1. The van der Waals surface area contributed by atoms with Crippen LogP contribution in [0.25, 0.3) is 0 Å². The van der Waals surface area contributed by atoms with E-state index in [0.29, 0.717) is 5.92 Å². The van der Waals surface area contributed by atoms with E-state index in [1.165, 1.54) is 5.56 Å². The second kappa shape index (κ2) is 6.21. The van der Waals surface area contributed by atoms with Gasteiger partial charge in [-0.05, 0) is 24.3 Å². The minimum absolute atomic E-state index is 0.346. The topological polar surface area (TPSA) is 49.8 Å². The smallest absolute Gasteiger partial charge is 0.0933 e. The molecule has 0 fully saturated rings. The molecular formula is C13H18N2. The van der Waals surface area contributed by atoms with Crippen LogP contribution in [0.15, 0.2) is 30.3 Å². The van der Waals surface area contributed by atoms with Crippen molar-refractivity contribution in [1.82, 2.24) is 0 Å². The molecule has 0 aromatic heterocycles. The summed E-state index contributed by atoms with van der Waals surface area (Å²) in [5.41, 5.74) is 6.98. The lowest BCUT2D eigenvalue weighted by molar-refractivity contribution is 0.542. The number of hydrogen-bond donors (Lipinski definition) is 1. The molecule has 1 aromatic rings. The standard InChI is InChI=1S/C13H18N2/c1-2-6-12(9-13(15)10-14)11-7-4-3-5-8-11/h3-5,7-8,12-13H,2,6,9,15H2,1H3. The van der Waals surface area contributed by atoms with E-state index in [9.17, 15) is 0 Å². The molecule has 1 aromatic carbocycles. The summed E-state index contributed by atoms with van der Waals surface area (Å²) in [6.07, 6.45) is 2.98. The Labute approximate surface area is 91.7 Å². The second-order valence-electron chi connectivity index (χ2n) is 3.87. The third-order valence-electron chi connectivity index (χ3n) is 2.61. The van der Waals surface area contributed by atoms with Crippen LogP contribution in [0.2, 0.25) is 0 Å². The van der Waals surface area contributed by atoms with Crippen molar-refractivity contribution < 1.29 is 0 Å². The highest BCUT2D eigenvalue weighted by molar-refractivity contribution is 5.20. The Bertz CT molecular complexity index is 313. The Hall–Kier alpha value is -1.33. The number of benzene rings is 1. The minimum Gasteiger partial charge on any atom is -0.316 e. The molecule has 80 valence electrons. The first-order valence-electron chi connectivity index (χ1n) is 5.48. The highest BCUT2D eigenvalue weighted by Gasteiger charge is 2.14. The van der Waals surface area contributed by atoms with Crippen LogP contribution in [-0.4, -0.2) is 6.04 Å². The maximum absolute atomic E-state index is 8.72. The van der Waals surface area contributed by atoms with E-state index in [4.69, 9.17) is 11.0 Å². The number of nitrogens with zero attached hydrogens (tertiary/aromatic N) is 1. The Morgan fingerprint density at radius 3 is 2.53 bits per heavy atom. The molecule has 1 rings (SSSR count). The number of nitriles is 1. The molecule has 0 bridgehead atoms. The molecule has 0 saturated carbocycles. The van der Waals surface area contributed by atoms with Gasteiger partial charge in [0.15, 0.2) is 0 Å². The zero-order valence-electron chi connectivity index (χ0n) is 9.19. The quantitative estimate of drug-likeness (QED) is 0.798. The maximum Gasteiger partial charge on any atom is 0.0933 e. The highest BCUT2D eigenvalue weighted by atomic mass is 14.6. The third kappa shape index (κ3) is 3.73. The van der Waals surface area contributed by atoms with Crippen molar-refractivity contribution in [3.63, 3.8) is 0 Å². The molecule has 2 heteroatoms. The Morgan fingerprint density at radius 2 is 2.00 bits per heavy atom. The molecule has 0 spiro atoms. The average molecular weight is 202 g/mol. The zero-order chi connectivity index (χ0) is 11.1. The van der Waals surface area contributed by atoms with Gasteiger partial charge in [0.05, 0.1) is 12.1 Å². The molecule has 0 aliphatic carbocycles. The van der Waals surface area contributed by atoms with Crippen LogP contribution < -0.4 is 5.73 Å². The molecular weight excluding hydrogens is 184 g/mol. The molecule has 0 heterocycles. The number of nitrogens with two attached hydrogens (primary N) is 1. The monoisotopic (exact) mass is 202 g/mol. The molecule has 2 unspecified atom stereocenters. The van der Waals surface area contributed by atoms with E-state index in [2.05, 4.69) is 25.1 Å². The van der Waals surface area contributed by atoms with E-state index in [0.717, 1.165) is 19.3 Å². The van der Waals surface area contributed by atoms with Gasteiger partial charge >= 0.3 is 0 Å². The summed E-state index contributed by atoms with van der Waals surface area (Å²) in [5, 5.41) is 8.72. The number of hydrogen-bond acceptors (Lipinski definition) is 2. The van der Waals surface area contributed by atoms with E-state index >= 15 is 0 Å². The van der Waals surface area contributed by atoms with Crippen LogP contribution in [0, 0.1) is 11.3 Å². The molecule has 2 N–H and O–H groups in total. The van der Waals surface area contributed by atoms with Crippen LogP contribution in [0.1, 0.15) is 37.7 Å². The van der Waals surface area contributed by atoms with E-state index in [1.807, 2.05) is 18.2 Å². The van der Waals surface area contributed by atoms with Crippen LogP contribution in [0.4, 0.5) is 0 Å². The highest BCUT2D eigenvalue weighted by Crippen LogP contribution is 2.25. The number of rotatable bonds is 5. The summed E-state index contributed by atoms with van der Waals surface area (Å²) in [7, 11) is 0. The van der Waals surface area contributed by atoms with Gasteiger partial charge in [-0.3, -0.25) is 0 Å². The fourth-order valence-corrected chi connectivity index (χ4v) is 1.85. The van der Waals surface area contributed by atoms with E-state index < -0.39 is 0 Å². The first-order chi connectivity index (χ1) is 7.27. The summed E-state index contributed by atoms with van der Waals surface area (Å²) in [4.78, 5) is 0. The molecule has 0 radical (unpaired) electrons. The molecule has 0 aliphatic heterocycles. The predicted molar refractivity (Wildman–Crippen MR) is 62.3 cm³/mol. The van der Waals surface area contributed by atoms with Crippen molar-refractivity contribution in [2.45, 2.75) is 38.1 Å². The van der Waals surface area contributed by atoms with Crippen LogP contribution in [0.3, 0.4) is 0 Å². The van der Waals surface area contributed by atoms with Crippen molar-refractivity contribution in [2.24, 2.45) is 5.73 Å². The molecule has 0 aliphatic rings. The van der Waals surface area contributed by atoms with Crippen molar-refractivity contribution in [2.75, 3.05) is 0 Å². The predicted octanol–water partition coefficient (Wildman–Crippen LogP) is 2.81. The first kappa shape index (κ1) is 11.7. The third-order valence-corrected chi connectivity index (χ3v) is 2.61. The normalized spacial score (nSPS) is 14.2. The first-order valence-corrected chi connectivity index (χ1v) is 5.48. The van der Waals surface area contributed by atoms with Gasteiger partial charge in [0, 0.05) is 0 Å². The lowest BCUT2D eigenvalue weighted by Gasteiger charge is -2.17. The van der Waals surface area contributed by atoms with Crippen molar-refractivity contribution >= 4 is 0 Å². The molecule has 15 heavy (non-hydrogen) atoms. The van der Waals surface area contributed by atoms with Crippen LogP contribution in [-0.2, 0) is 0 Å². The van der Waals surface area contributed by atoms with Crippen LogP contribution in [0.5, 0.6) is 0 Å². The minimum atomic E-state index is -0.346. The van der Waals surface area contributed by atoms with Gasteiger partial charge in [-0.2, -0.15) is 5.26 Å². The SMILES string of the molecule is CCCC(CC(N)C#N)c1ccccc1. The van der Waals surface area contributed by atoms with Crippen molar-refractivity contribution in [3.05, 3.63) is 35.9 Å². The summed E-state index contributed by atoms with van der Waals surface area (Å²) >= 11 is 0. The van der Waals surface area contributed by atoms with Gasteiger partial charge in [0.2, 0.25) is 0 Å². The van der Waals surface area contributed by atoms with Crippen molar-refractivity contribution in [3.8, 4) is 6.07 Å². The average Bonchev–Trinajstić information content (AvgIpc) is 2.29. The Kier molecular flexibility index (Phi) is 4.86. The van der Waals surface area contributed by atoms with Gasteiger partial charge < -0.3 is 5.73 Å². The molecule has 0 amide bonds. The maximum atomic E-state index is 8.72. The fraction of sp³-hybridized carbons (Fsp3) is 0.462. The summed E-state index contributed by atoms with van der Waals surface area (Å²) < 4.78 is 0. The Morgan fingerprint density at radius 1 is 1.33 bits per heavy atom. The molecule has 2 atom stereocenters. The summed E-state index contributed by atoms with van der Waals surface area (Å²) in [5.74, 6) is 0.422. The summed E-state index contributed by atoms with van der Waals surface area (Å²) in [6.45, 7) is 2.16. The second-order valence-corrected chi connectivity index (χ2v) is 3.87. The molecule has 0 saturated heterocycles. The van der Waals surface area contributed by atoms with E-state index in [1.54, 1.807) is 0 Å². The molecule has 2 nitrogen and oxygen atoms in total. The van der Waals surface area contributed by atoms with Gasteiger partial charge in [-0.25, -0.2) is 0 Å². The largest absolute Gasteiger partial charge is 0.316 e.